The van der Waals surface area contributed by atoms with Gasteiger partial charge in [-0.1, -0.05) is 12.1 Å². The minimum Gasteiger partial charge on any atom is -0.497 e. The summed E-state index contributed by atoms with van der Waals surface area (Å²) in [7, 11) is 3.23. The number of carbonyl (C=O) groups excluding carboxylic acids is 2. The SMILES string of the molecule is COc1ccc(CN2C(=O)c3cc4ccc(OC)cc4n3C[C@@]2(C)C(=O)NC[C@@H]2CCCO2)cc1. The van der Waals surface area contributed by atoms with Gasteiger partial charge in [0.25, 0.3) is 5.91 Å². The van der Waals surface area contributed by atoms with Crippen LogP contribution < -0.4 is 14.8 Å². The number of hydrogen-bond acceptors (Lipinski definition) is 5. The fourth-order valence-corrected chi connectivity index (χ4v) is 5.02. The van der Waals surface area contributed by atoms with E-state index in [0.29, 0.717) is 31.1 Å². The maximum Gasteiger partial charge on any atom is 0.271 e. The molecule has 3 heterocycles. The van der Waals surface area contributed by atoms with Crippen LogP contribution >= 0.6 is 0 Å². The Morgan fingerprint density at radius 2 is 1.86 bits per heavy atom. The van der Waals surface area contributed by atoms with Crippen molar-refractivity contribution >= 4 is 22.7 Å². The summed E-state index contributed by atoms with van der Waals surface area (Å²) in [6.07, 6.45) is 1.95. The molecule has 8 nitrogen and oxygen atoms in total. The number of aromatic nitrogens is 1. The molecule has 2 aliphatic heterocycles. The monoisotopic (exact) mass is 477 g/mol. The second-order valence-corrected chi connectivity index (χ2v) is 9.40. The Kier molecular flexibility index (Phi) is 6.15. The zero-order chi connectivity index (χ0) is 24.6. The molecule has 0 radical (unpaired) electrons. The van der Waals surface area contributed by atoms with Crippen LogP contribution in [0.2, 0.25) is 0 Å². The molecule has 8 heteroatoms. The molecule has 1 saturated heterocycles. The van der Waals surface area contributed by atoms with Crippen molar-refractivity contribution in [2.24, 2.45) is 0 Å². The molecule has 0 aliphatic carbocycles. The van der Waals surface area contributed by atoms with Gasteiger partial charge in [0.1, 0.15) is 22.7 Å². The van der Waals surface area contributed by atoms with Crippen LogP contribution in [0.4, 0.5) is 0 Å². The maximum atomic E-state index is 13.9. The van der Waals surface area contributed by atoms with Gasteiger partial charge in [-0.25, -0.2) is 0 Å². The van der Waals surface area contributed by atoms with Gasteiger partial charge in [0.15, 0.2) is 0 Å². The standard InChI is InChI=1S/C27H31N3O5/c1-27(26(32)28-15-22-5-4-12-35-22)17-29-23-14-21(34-3)11-8-19(23)13-24(29)25(31)30(27)16-18-6-9-20(33-2)10-7-18/h6-11,13-14,22H,4-5,12,15-17H2,1-3H3,(H,28,32)/t22-,27-/m0/s1. The van der Waals surface area contributed by atoms with Crippen molar-refractivity contribution in [2.75, 3.05) is 27.4 Å². The minimum atomic E-state index is -1.10. The molecule has 184 valence electrons. The quantitative estimate of drug-likeness (QED) is 0.564. The highest BCUT2D eigenvalue weighted by Gasteiger charge is 2.47. The number of amides is 2. The van der Waals surface area contributed by atoms with E-state index in [4.69, 9.17) is 14.2 Å². The number of methoxy groups -OCH3 is 2. The van der Waals surface area contributed by atoms with Crippen molar-refractivity contribution in [1.82, 2.24) is 14.8 Å². The zero-order valence-electron chi connectivity index (χ0n) is 20.4. The molecule has 0 spiro atoms. The molecule has 35 heavy (non-hydrogen) atoms. The summed E-state index contributed by atoms with van der Waals surface area (Å²) < 4.78 is 18.3. The topological polar surface area (TPSA) is 82.0 Å². The lowest BCUT2D eigenvalue weighted by molar-refractivity contribution is -0.133. The third kappa shape index (κ3) is 4.23. The second-order valence-electron chi connectivity index (χ2n) is 9.40. The third-order valence-corrected chi connectivity index (χ3v) is 7.14. The highest BCUT2D eigenvalue weighted by atomic mass is 16.5. The van der Waals surface area contributed by atoms with Crippen LogP contribution in [0.25, 0.3) is 10.9 Å². The zero-order valence-corrected chi connectivity index (χ0v) is 20.4. The van der Waals surface area contributed by atoms with E-state index < -0.39 is 5.54 Å². The molecule has 1 aromatic heterocycles. The van der Waals surface area contributed by atoms with E-state index in [-0.39, 0.29) is 17.9 Å². The predicted octanol–water partition coefficient (Wildman–Crippen LogP) is 3.37. The van der Waals surface area contributed by atoms with Gasteiger partial charge in [0.05, 0.1) is 32.4 Å². The summed E-state index contributed by atoms with van der Waals surface area (Å²) in [4.78, 5) is 29.3. The molecule has 3 aromatic rings. The molecule has 5 rings (SSSR count). The minimum absolute atomic E-state index is 0.0177. The highest BCUT2D eigenvalue weighted by molar-refractivity contribution is 6.03. The first-order chi connectivity index (χ1) is 16.9. The van der Waals surface area contributed by atoms with E-state index in [0.717, 1.165) is 41.7 Å². The van der Waals surface area contributed by atoms with Gasteiger partial charge in [-0.15, -0.1) is 0 Å². The number of fused-ring (bicyclic) bond motifs is 3. The van der Waals surface area contributed by atoms with Crippen molar-refractivity contribution in [1.29, 1.82) is 0 Å². The summed E-state index contributed by atoms with van der Waals surface area (Å²) in [6, 6.07) is 15.2. The predicted molar refractivity (Wildman–Crippen MR) is 132 cm³/mol. The van der Waals surface area contributed by atoms with Gasteiger partial charge in [0, 0.05) is 31.1 Å². The number of benzene rings is 2. The first kappa shape index (κ1) is 23.2. The average Bonchev–Trinajstić information content (AvgIpc) is 3.53. The lowest BCUT2D eigenvalue weighted by Gasteiger charge is -2.44. The fraction of sp³-hybridized carbons (Fsp3) is 0.407. The van der Waals surface area contributed by atoms with Crippen LogP contribution in [-0.2, 0) is 22.6 Å². The van der Waals surface area contributed by atoms with Crippen molar-refractivity contribution in [3.63, 3.8) is 0 Å². The molecule has 2 aliphatic rings. The number of ether oxygens (including phenoxy) is 3. The number of nitrogens with zero attached hydrogens (tertiary/aromatic N) is 2. The number of hydrogen-bond donors (Lipinski definition) is 1. The van der Waals surface area contributed by atoms with Crippen LogP contribution in [0.15, 0.2) is 48.5 Å². The summed E-state index contributed by atoms with van der Waals surface area (Å²) in [5, 5.41) is 4.00. The van der Waals surface area contributed by atoms with Crippen molar-refractivity contribution in [3.05, 3.63) is 59.8 Å². The van der Waals surface area contributed by atoms with Crippen molar-refractivity contribution < 1.29 is 23.8 Å². The first-order valence-electron chi connectivity index (χ1n) is 11.9. The van der Waals surface area contributed by atoms with Crippen LogP contribution in [0.3, 0.4) is 0 Å². The Bertz CT molecular complexity index is 1250. The van der Waals surface area contributed by atoms with Gasteiger partial charge >= 0.3 is 0 Å². The van der Waals surface area contributed by atoms with E-state index in [1.165, 1.54) is 0 Å². The number of carbonyl (C=O) groups is 2. The van der Waals surface area contributed by atoms with Crippen LogP contribution in [0, 0.1) is 0 Å². The molecular weight excluding hydrogens is 446 g/mol. The summed E-state index contributed by atoms with van der Waals surface area (Å²) in [6.45, 7) is 3.64. The normalized spacial score (nSPS) is 21.7. The van der Waals surface area contributed by atoms with Crippen molar-refractivity contribution in [3.8, 4) is 11.5 Å². The number of nitrogens with one attached hydrogen (secondary N) is 1. The van der Waals surface area contributed by atoms with Crippen LogP contribution in [0.1, 0.15) is 35.8 Å². The molecule has 0 saturated carbocycles. The van der Waals surface area contributed by atoms with Gasteiger partial charge < -0.3 is 29.0 Å². The van der Waals surface area contributed by atoms with E-state index in [9.17, 15) is 9.59 Å². The lowest BCUT2D eigenvalue weighted by atomic mass is 9.93. The van der Waals surface area contributed by atoms with E-state index in [1.807, 2.05) is 60.0 Å². The fourth-order valence-electron chi connectivity index (χ4n) is 5.02. The third-order valence-electron chi connectivity index (χ3n) is 7.14. The van der Waals surface area contributed by atoms with Crippen LogP contribution in [-0.4, -0.2) is 60.3 Å². The highest BCUT2D eigenvalue weighted by Crippen LogP contribution is 2.35. The second kappa shape index (κ2) is 9.26. The molecular formula is C27H31N3O5. The van der Waals surface area contributed by atoms with Gasteiger partial charge in [-0.3, -0.25) is 9.59 Å². The Morgan fingerprint density at radius 1 is 1.11 bits per heavy atom. The largest absolute Gasteiger partial charge is 0.497 e. The summed E-state index contributed by atoms with van der Waals surface area (Å²) >= 11 is 0. The molecule has 1 N–H and O–H groups in total. The molecule has 0 unspecified atom stereocenters. The van der Waals surface area contributed by atoms with Crippen molar-refractivity contribution in [2.45, 2.75) is 44.5 Å². The maximum absolute atomic E-state index is 13.9. The lowest BCUT2D eigenvalue weighted by Crippen LogP contribution is -2.64. The summed E-state index contributed by atoms with van der Waals surface area (Å²) in [5.74, 6) is 1.07. The van der Waals surface area contributed by atoms with Crippen LogP contribution in [0.5, 0.6) is 11.5 Å². The molecule has 0 bridgehead atoms. The van der Waals surface area contributed by atoms with E-state index >= 15 is 0 Å². The number of rotatable bonds is 7. The van der Waals surface area contributed by atoms with Gasteiger partial charge in [-0.05, 0) is 55.7 Å². The Labute approximate surface area is 204 Å². The molecule has 2 atom stereocenters. The first-order valence-corrected chi connectivity index (χ1v) is 11.9. The van der Waals surface area contributed by atoms with Gasteiger partial charge in [0.2, 0.25) is 5.91 Å². The van der Waals surface area contributed by atoms with E-state index in [2.05, 4.69) is 5.32 Å². The molecule has 1 fully saturated rings. The molecule has 2 aromatic carbocycles. The smallest absolute Gasteiger partial charge is 0.271 e. The Hall–Kier alpha value is -3.52. The Morgan fingerprint density at radius 3 is 2.54 bits per heavy atom. The van der Waals surface area contributed by atoms with Gasteiger partial charge in [-0.2, -0.15) is 0 Å². The van der Waals surface area contributed by atoms with E-state index in [1.54, 1.807) is 19.1 Å². The Balaban J connectivity index is 1.52. The average molecular weight is 478 g/mol. The molecule has 2 amide bonds. The summed E-state index contributed by atoms with van der Waals surface area (Å²) in [5.41, 5.74) is 1.25.